The van der Waals surface area contributed by atoms with Gasteiger partial charge in [-0.25, -0.2) is 0 Å². The summed E-state index contributed by atoms with van der Waals surface area (Å²) in [7, 11) is 0. The Morgan fingerprint density at radius 2 is 1.93 bits per heavy atom. The first kappa shape index (κ1) is 10.1. The van der Waals surface area contributed by atoms with E-state index in [4.69, 9.17) is 0 Å². The number of carbonyl (C=O) groups is 1. The highest BCUT2D eigenvalue weighted by Crippen LogP contribution is 2.24. The van der Waals surface area contributed by atoms with Crippen LogP contribution < -0.4 is 4.98 Å². The van der Waals surface area contributed by atoms with Crippen LogP contribution in [0, 0.1) is 6.92 Å². The van der Waals surface area contributed by atoms with Crippen LogP contribution >= 0.6 is 11.3 Å². The second kappa shape index (κ2) is 3.95. The summed E-state index contributed by atoms with van der Waals surface area (Å²) < 4.78 is 0. The Hall–Kier alpha value is -1.48. The molecule has 2 rings (SSSR count). The molecule has 0 radical (unpaired) electrons. The van der Waals surface area contributed by atoms with E-state index < -0.39 is 0 Å². The second-order valence-corrected chi connectivity index (χ2v) is 4.45. The highest BCUT2D eigenvalue weighted by atomic mass is 32.1. The lowest BCUT2D eigenvalue weighted by Crippen LogP contribution is -2.06. The number of aromatic amines is 1. The SMILES string of the molecule is CC(=O)c1sc(-c2ccccc2)[nH+]c1C. The maximum absolute atomic E-state index is 11.3. The van der Waals surface area contributed by atoms with E-state index in [0.29, 0.717) is 0 Å². The second-order valence-electron chi connectivity index (χ2n) is 3.43. The minimum Gasteiger partial charge on any atom is -0.293 e. The molecule has 0 unspecified atom stereocenters. The number of benzene rings is 1. The predicted molar refractivity (Wildman–Crippen MR) is 61.1 cm³/mol. The van der Waals surface area contributed by atoms with Gasteiger partial charge in [-0.1, -0.05) is 29.5 Å². The first-order valence-corrected chi connectivity index (χ1v) is 5.59. The zero-order valence-electron chi connectivity index (χ0n) is 8.70. The molecule has 76 valence electrons. The fourth-order valence-electron chi connectivity index (χ4n) is 1.49. The van der Waals surface area contributed by atoms with Gasteiger partial charge in [-0.05, 0) is 12.1 Å². The third-order valence-electron chi connectivity index (χ3n) is 2.20. The van der Waals surface area contributed by atoms with E-state index in [9.17, 15) is 4.79 Å². The molecule has 2 nitrogen and oxygen atoms in total. The van der Waals surface area contributed by atoms with Crippen LogP contribution in [0.1, 0.15) is 22.3 Å². The molecule has 0 fully saturated rings. The van der Waals surface area contributed by atoms with E-state index in [2.05, 4.69) is 4.98 Å². The summed E-state index contributed by atoms with van der Waals surface area (Å²) in [6.45, 7) is 3.53. The molecule has 0 amide bonds. The maximum Gasteiger partial charge on any atom is 0.268 e. The fourth-order valence-corrected chi connectivity index (χ4v) is 2.50. The summed E-state index contributed by atoms with van der Waals surface area (Å²) in [4.78, 5) is 15.4. The minimum atomic E-state index is 0.121. The number of hydrogen-bond donors (Lipinski definition) is 0. The molecule has 0 atom stereocenters. The van der Waals surface area contributed by atoms with Crippen LogP contribution in [0.25, 0.3) is 10.6 Å². The van der Waals surface area contributed by atoms with E-state index in [1.54, 1.807) is 6.92 Å². The molecule has 1 aromatic carbocycles. The van der Waals surface area contributed by atoms with Crippen LogP contribution in [0.2, 0.25) is 0 Å². The molecule has 15 heavy (non-hydrogen) atoms. The smallest absolute Gasteiger partial charge is 0.268 e. The van der Waals surface area contributed by atoms with E-state index in [1.807, 2.05) is 37.3 Å². The van der Waals surface area contributed by atoms with Crippen molar-refractivity contribution in [2.75, 3.05) is 0 Å². The van der Waals surface area contributed by atoms with Crippen LogP contribution in [-0.2, 0) is 0 Å². The number of aryl methyl sites for hydroxylation is 1. The first-order chi connectivity index (χ1) is 7.18. The molecule has 0 saturated heterocycles. The number of rotatable bonds is 2. The zero-order chi connectivity index (χ0) is 10.8. The van der Waals surface area contributed by atoms with Crippen LogP contribution in [0.5, 0.6) is 0 Å². The van der Waals surface area contributed by atoms with Gasteiger partial charge in [-0.15, -0.1) is 0 Å². The lowest BCUT2D eigenvalue weighted by molar-refractivity contribution is -0.367. The molecule has 1 heterocycles. The molecule has 1 aromatic heterocycles. The Bertz CT molecular complexity index is 488. The van der Waals surface area contributed by atoms with E-state index >= 15 is 0 Å². The van der Waals surface area contributed by atoms with E-state index in [0.717, 1.165) is 21.1 Å². The molecule has 0 spiro atoms. The highest BCUT2D eigenvalue weighted by molar-refractivity contribution is 7.16. The highest BCUT2D eigenvalue weighted by Gasteiger charge is 2.18. The molecule has 0 aliphatic rings. The van der Waals surface area contributed by atoms with Gasteiger partial charge in [0.2, 0.25) is 0 Å². The molecule has 0 aliphatic carbocycles. The van der Waals surface area contributed by atoms with Gasteiger partial charge in [0.25, 0.3) is 5.01 Å². The molecule has 0 bridgehead atoms. The number of aromatic nitrogens is 1. The lowest BCUT2D eigenvalue weighted by atomic mass is 10.2. The van der Waals surface area contributed by atoms with E-state index in [-0.39, 0.29) is 5.78 Å². The van der Waals surface area contributed by atoms with Gasteiger partial charge in [0.15, 0.2) is 11.5 Å². The van der Waals surface area contributed by atoms with Crippen LogP contribution in [0.4, 0.5) is 0 Å². The van der Waals surface area contributed by atoms with Crippen molar-refractivity contribution in [3.05, 3.63) is 40.9 Å². The number of thiazole rings is 1. The molecular weight excluding hydrogens is 206 g/mol. The van der Waals surface area contributed by atoms with Crippen LogP contribution in [-0.4, -0.2) is 5.78 Å². The molecule has 1 N–H and O–H groups in total. The van der Waals surface area contributed by atoms with Crippen molar-refractivity contribution in [3.8, 4) is 10.6 Å². The lowest BCUT2D eigenvalue weighted by Gasteiger charge is -1.87. The Morgan fingerprint density at radius 1 is 1.27 bits per heavy atom. The van der Waals surface area contributed by atoms with Gasteiger partial charge >= 0.3 is 0 Å². The first-order valence-electron chi connectivity index (χ1n) is 4.77. The van der Waals surface area contributed by atoms with Crippen LogP contribution in [0.15, 0.2) is 30.3 Å². The number of nitrogens with one attached hydrogen (secondary N) is 1. The minimum absolute atomic E-state index is 0.121. The van der Waals surface area contributed by atoms with Crippen molar-refractivity contribution in [1.29, 1.82) is 0 Å². The summed E-state index contributed by atoms with van der Waals surface area (Å²) in [5.74, 6) is 0.121. The number of carbonyl (C=O) groups excluding carboxylic acids is 1. The molecular formula is C12H12NOS+. The van der Waals surface area contributed by atoms with Crippen molar-refractivity contribution in [2.45, 2.75) is 13.8 Å². The standard InChI is InChI=1S/C12H11NOS/c1-8-11(9(2)14)15-12(13-8)10-6-4-3-5-7-10/h3-7H,1-2H3/p+1. The summed E-state index contributed by atoms with van der Waals surface area (Å²) in [6, 6.07) is 10.0. The number of Topliss-reactive ketones (excluding diaryl/α,β-unsaturated/α-hetero) is 1. The monoisotopic (exact) mass is 218 g/mol. The molecule has 0 saturated carbocycles. The topological polar surface area (TPSA) is 31.2 Å². The summed E-state index contributed by atoms with van der Waals surface area (Å²) in [6.07, 6.45) is 0. The van der Waals surface area contributed by atoms with Crippen molar-refractivity contribution in [3.63, 3.8) is 0 Å². The third-order valence-corrected chi connectivity index (χ3v) is 3.54. The largest absolute Gasteiger partial charge is 0.293 e. The van der Waals surface area contributed by atoms with Gasteiger partial charge in [-0.3, -0.25) is 4.79 Å². The average Bonchev–Trinajstić information content (AvgIpc) is 2.62. The van der Waals surface area contributed by atoms with Gasteiger partial charge in [0.1, 0.15) is 4.88 Å². The number of ketones is 1. The normalized spacial score (nSPS) is 10.3. The Morgan fingerprint density at radius 3 is 2.47 bits per heavy atom. The maximum atomic E-state index is 11.3. The fraction of sp³-hybridized carbons (Fsp3) is 0.167. The van der Waals surface area contributed by atoms with Crippen molar-refractivity contribution in [1.82, 2.24) is 0 Å². The Balaban J connectivity index is 2.48. The Kier molecular flexibility index (Phi) is 2.64. The quantitative estimate of drug-likeness (QED) is 0.713. The molecule has 2 aromatic rings. The van der Waals surface area contributed by atoms with Gasteiger partial charge in [0.05, 0.1) is 5.56 Å². The summed E-state index contributed by atoms with van der Waals surface area (Å²) in [5.41, 5.74) is 2.07. The number of H-pyrrole nitrogens is 1. The van der Waals surface area contributed by atoms with Crippen LogP contribution in [0.3, 0.4) is 0 Å². The van der Waals surface area contributed by atoms with Crippen molar-refractivity contribution >= 4 is 17.1 Å². The predicted octanol–water partition coefficient (Wildman–Crippen LogP) is 2.74. The summed E-state index contributed by atoms with van der Waals surface area (Å²) >= 11 is 1.52. The third kappa shape index (κ3) is 1.97. The van der Waals surface area contributed by atoms with Gasteiger partial charge < -0.3 is 0 Å². The number of hydrogen-bond acceptors (Lipinski definition) is 2. The van der Waals surface area contributed by atoms with Gasteiger partial charge in [-0.2, -0.15) is 4.98 Å². The molecule has 0 aliphatic heterocycles. The van der Waals surface area contributed by atoms with Crippen molar-refractivity contribution < 1.29 is 9.78 Å². The van der Waals surface area contributed by atoms with Crippen molar-refractivity contribution in [2.24, 2.45) is 0 Å². The van der Waals surface area contributed by atoms with Gasteiger partial charge in [0, 0.05) is 13.8 Å². The zero-order valence-corrected chi connectivity index (χ0v) is 9.52. The molecule has 3 heteroatoms. The van der Waals surface area contributed by atoms with E-state index in [1.165, 1.54) is 11.3 Å². The Labute approximate surface area is 92.6 Å². The summed E-state index contributed by atoms with van der Waals surface area (Å²) in [5, 5.41) is 1.04. The average molecular weight is 218 g/mol.